The van der Waals surface area contributed by atoms with Crippen molar-refractivity contribution in [3.63, 3.8) is 0 Å². The van der Waals surface area contributed by atoms with Crippen LogP contribution in [0.25, 0.3) is 16.9 Å². The zero-order valence-corrected chi connectivity index (χ0v) is 16.2. The van der Waals surface area contributed by atoms with Gasteiger partial charge in [0.2, 0.25) is 0 Å². The Balaban J connectivity index is 1.52. The molecular weight excluding hydrogens is 348 g/mol. The number of benzene rings is 2. The molecule has 2 aromatic carbocycles. The molecule has 0 spiro atoms. The van der Waals surface area contributed by atoms with Crippen molar-refractivity contribution in [1.82, 2.24) is 9.38 Å². The van der Waals surface area contributed by atoms with E-state index in [1.807, 2.05) is 84.3 Å². The van der Waals surface area contributed by atoms with Gasteiger partial charge in [0, 0.05) is 49.0 Å². The van der Waals surface area contributed by atoms with Crippen LogP contribution in [0.4, 0.5) is 11.4 Å². The Bertz CT molecular complexity index is 1140. The lowest BCUT2D eigenvalue weighted by Crippen LogP contribution is -2.14. The van der Waals surface area contributed by atoms with Crippen molar-refractivity contribution < 1.29 is 4.79 Å². The molecule has 4 rings (SSSR count). The number of carbonyl (C=O) groups is 1. The van der Waals surface area contributed by atoms with E-state index in [0.717, 1.165) is 28.3 Å². The predicted octanol–water partition coefficient (Wildman–Crippen LogP) is 4.63. The highest BCUT2D eigenvalue weighted by Gasteiger charge is 2.09. The number of aromatic nitrogens is 2. The van der Waals surface area contributed by atoms with Gasteiger partial charge in [-0.1, -0.05) is 18.2 Å². The molecule has 0 atom stereocenters. The normalized spacial score (nSPS) is 10.8. The molecular formula is C23H22N4O. The molecule has 0 saturated heterocycles. The van der Waals surface area contributed by atoms with E-state index in [1.165, 1.54) is 5.56 Å². The molecule has 5 nitrogen and oxygen atoms in total. The molecule has 1 amide bonds. The first-order valence-electron chi connectivity index (χ1n) is 9.14. The van der Waals surface area contributed by atoms with Crippen LogP contribution < -0.4 is 10.2 Å². The maximum absolute atomic E-state index is 12.5. The number of rotatable bonds is 4. The van der Waals surface area contributed by atoms with Crippen molar-refractivity contribution in [3.8, 4) is 11.3 Å². The molecule has 0 aliphatic rings. The smallest absolute Gasteiger partial charge is 0.255 e. The largest absolute Gasteiger partial charge is 0.378 e. The number of anilines is 2. The first kappa shape index (κ1) is 17.8. The number of hydrogen-bond acceptors (Lipinski definition) is 3. The molecule has 5 heteroatoms. The fourth-order valence-corrected chi connectivity index (χ4v) is 3.08. The highest BCUT2D eigenvalue weighted by molar-refractivity contribution is 6.04. The number of carbonyl (C=O) groups excluding carboxylic acids is 1. The highest BCUT2D eigenvalue weighted by atomic mass is 16.1. The average Bonchev–Trinajstić information content (AvgIpc) is 3.11. The van der Waals surface area contributed by atoms with Gasteiger partial charge in [0.15, 0.2) is 0 Å². The standard InChI is InChI=1S/C23H22N4O/c1-16-11-12-27-15-21(25-22(27)13-16)17-7-9-19(10-8-17)24-23(28)18-5-4-6-20(14-18)26(2)3/h4-15H,1-3H3,(H,24,28). The van der Waals surface area contributed by atoms with Crippen molar-refractivity contribution in [2.75, 3.05) is 24.3 Å². The number of hydrogen-bond donors (Lipinski definition) is 1. The molecule has 0 bridgehead atoms. The summed E-state index contributed by atoms with van der Waals surface area (Å²) >= 11 is 0. The Kier molecular flexibility index (Phi) is 4.57. The van der Waals surface area contributed by atoms with Crippen molar-refractivity contribution >= 4 is 22.9 Å². The monoisotopic (exact) mass is 370 g/mol. The summed E-state index contributed by atoms with van der Waals surface area (Å²) in [6, 6.07) is 19.4. The maximum Gasteiger partial charge on any atom is 0.255 e. The number of amides is 1. The Morgan fingerprint density at radius 1 is 1.04 bits per heavy atom. The molecule has 4 aromatic rings. The number of nitrogens with zero attached hydrogens (tertiary/aromatic N) is 3. The molecule has 0 aliphatic heterocycles. The second kappa shape index (κ2) is 7.19. The van der Waals surface area contributed by atoms with Crippen LogP contribution in [0.15, 0.2) is 73.1 Å². The summed E-state index contributed by atoms with van der Waals surface area (Å²) < 4.78 is 2.01. The fourth-order valence-electron chi connectivity index (χ4n) is 3.08. The van der Waals surface area contributed by atoms with Gasteiger partial charge in [0.1, 0.15) is 5.65 Å². The van der Waals surface area contributed by atoms with Crippen LogP contribution in [0, 0.1) is 6.92 Å². The average molecular weight is 370 g/mol. The minimum absolute atomic E-state index is 0.125. The fraction of sp³-hybridized carbons (Fsp3) is 0.130. The van der Waals surface area contributed by atoms with E-state index in [0.29, 0.717) is 5.56 Å². The first-order chi connectivity index (χ1) is 13.5. The molecule has 0 aliphatic carbocycles. The van der Waals surface area contributed by atoms with Gasteiger partial charge in [0.05, 0.1) is 5.69 Å². The van der Waals surface area contributed by atoms with E-state index in [-0.39, 0.29) is 5.91 Å². The van der Waals surface area contributed by atoms with Gasteiger partial charge >= 0.3 is 0 Å². The van der Waals surface area contributed by atoms with E-state index in [1.54, 1.807) is 0 Å². The van der Waals surface area contributed by atoms with Crippen LogP contribution in [0.1, 0.15) is 15.9 Å². The summed E-state index contributed by atoms with van der Waals surface area (Å²) in [6.07, 6.45) is 4.02. The van der Waals surface area contributed by atoms with Gasteiger partial charge in [0.25, 0.3) is 5.91 Å². The molecule has 1 N–H and O–H groups in total. The Hall–Kier alpha value is -3.60. The molecule has 0 unspecified atom stereocenters. The maximum atomic E-state index is 12.5. The third-order valence-electron chi connectivity index (χ3n) is 4.68. The molecule has 0 saturated carbocycles. The minimum atomic E-state index is -0.125. The number of fused-ring (bicyclic) bond motifs is 1. The number of imidazole rings is 1. The quantitative estimate of drug-likeness (QED) is 0.570. The van der Waals surface area contributed by atoms with Crippen molar-refractivity contribution in [1.29, 1.82) is 0 Å². The van der Waals surface area contributed by atoms with Crippen molar-refractivity contribution in [2.24, 2.45) is 0 Å². The van der Waals surface area contributed by atoms with Gasteiger partial charge < -0.3 is 14.6 Å². The summed E-state index contributed by atoms with van der Waals surface area (Å²) in [7, 11) is 3.91. The molecule has 0 fully saturated rings. The van der Waals surface area contributed by atoms with Gasteiger partial charge in [-0.05, 0) is 55.0 Å². The second-order valence-electron chi connectivity index (χ2n) is 7.07. The SMILES string of the molecule is Cc1ccn2cc(-c3ccc(NC(=O)c4cccc(N(C)C)c4)cc3)nc2c1. The topological polar surface area (TPSA) is 49.6 Å². The van der Waals surface area contributed by atoms with Crippen LogP contribution in [0.3, 0.4) is 0 Å². The first-order valence-corrected chi connectivity index (χ1v) is 9.14. The second-order valence-corrected chi connectivity index (χ2v) is 7.07. The molecule has 28 heavy (non-hydrogen) atoms. The lowest BCUT2D eigenvalue weighted by molar-refractivity contribution is 0.102. The third kappa shape index (κ3) is 3.60. The van der Waals surface area contributed by atoms with Crippen LogP contribution in [-0.4, -0.2) is 29.4 Å². The summed E-state index contributed by atoms with van der Waals surface area (Å²) in [5, 5.41) is 2.95. The molecule has 0 radical (unpaired) electrons. The van der Waals surface area contributed by atoms with Crippen molar-refractivity contribution in [2.45, 2.75) is 6.92 Å². The molecule has 2 aromatic heterocycles. The Labute approximate surface area is 164 Å². The third-order valence-corrected chi connectivity index (χ3v) is 4.68. The molecule has 140 valence electrons. The van der Waals surface area contributed by atoms with E-state index in [4.69, 9.17) is 0 Å². The zero-order valence-electron chi connectivity index (χ0n) is 16.2. The van der Waals surface area contributed by atoms with Crippen LogP contribution in [0.5, 0.6) is 0 Å². The van der Waals surface area contributed by atoms with E-state index in [9.17, 15) is 4.79 Å². The van der Waals surface area contributed by atoms with Gasteiger partial charge in [-0.2, -0.15) is 0 Å². The zero-order chi connectivity index (χ0) is 19.7. The van der Waals surface area contributed by atoms with E-state index in [2.05, 4.69) is 29.4 Å². The van der Waals surface area contributed by atoms with Crippen LogP contribution >= 0.6 is 0 Å². The Morgan fingerprint density at radius 3 is 2.57 bits per heavy atom. The summed E-state index contributed by atoms with van der Waals surface area (Å²) in [5.74, 6) is -0.125. The highest BCUT2D eigenvalue weighted by Crippen LogP contribution is 2.22. The van der Waals surface area contributed by atoms with E-state index < -0.39 is 0 Å². The lowest BCUT2D eigenvalue weighted by atomic mass is 10.1. The van der Waals surface area contributed by atoms with Gasteiger partial charge in [-0.3, -0.25) is 4.79 Å². The molecule has 2 heterocycles. The lowest BCUT2D eigenvalue weighted by Gasteiger charge is -2.13. The number of pyridine rings is 1. The summed E-state index contributed by atoms with van der Waals surface area (Å²) in [5.41, 5.74) is 6.39. The summed E-state index contributed by atoms with van der Waals surface area (Å²) in [6.45, 7) is 2.06. The summed E-state index contributed by atoms with van der Waals surface area (Å²) in [4.78, 5) is 19.2. The van der Waals surface area contributed by atoms with Gasteiger partial charge in [-0.25, -0.2) is 4.98 Å². The van der Waals surface area contributed by atoms with Gasteiger partial charge in [-0.15, -0.1) is 0 Å². The van der Waals surface area contributed by atoms with Crippen LogP contribution in [-0.2, 0) is 0 Å². The number of nitrogens with one attached hydrogen (secondary N) is 1. The minimum Gasteiger partial charge on any atom is -0.378 e. The van der Waals surface area contributed by atoms with E-state index >= 15 is 0 Å². The van der Waals surface area contributed by atoms with Crippen LogP contribution in [0.2, 0.25) is 0 Å². The Morgan fingerprint density at radius 2 is 1.82 bits per heavy atom. The number of aryl methyl sites for hydroxylation is 1. The predicted molar refractivity (Wildman–Crippen MR) is 114 cm³/mol. The van der Waals surface area contributed by atoms with Crippen molar-refractivity contribution in [3.05, 3.63) is 84.2 Å².